The number of sulfonamides is 1. The number of ether oxygens (including phenoxy) is 2. The van der Waals surface area contributed by atoms with Crippen LogP contribution in [0.2, 0.25) is 0 Å². The van der Waals surface area contributed by atoms with Gasteiger partial charge in [0.25, 0.3) is 10.0 Å². The summed E-state index contributed by atoms with van der Waals surface area (Å²) in [5, 5.41) is 4.22. The standard InChI is InChI=1S/C13H17N5O4S/c1-18-12(9(7-14-18)8-4-5-8)23(19,20)17-10-6-11(21-2)16-13(15-10)22-3/h6-8H,4-5H2,1-3H3,(H,15,16,17). The Kier molecular flexibility index (Phi) is 3.84. The molecule has 23 heavy (non-hydrogen) atoms. The van der Waals surface area contributed by atoms with Gasteiger partial charge in [-0.15, -0.1) is 0 Å². The van der Waals surface area contributed by atoms with Crippen molar-refractivity contribution in [2.75, 3.05) is 18.9 Å². The Morgan fingerprint density at radius 1 is 1.26 bits per heavy atom. The van der Waals surface area contributed by atoms with Crippen molar-refractivity contribution in [2.24, 2.45) is 7.05 Å². The van der Waals surface area contributed by atoms with Gasteiger partial charge in [0.05, 0.1) is 20.4 Å². The number of rotatable bonds is 6. The molecular formula is C13H17N5O4S. The third-order valence-electron chi connectivity index (χ3n) is 3.50. The van der Waals surface area contributed by atoms with E-state index in [4.69, 9.17) is 9.47 Å². The third kappa shape index (κ3) is 3.07. The van der Waals surface area contributed by atoms with Gasteiger partial charge in [0.1, 0.15) is 0 Å². The highest BCUT2D eigenvalue weighted by molar-refractivity contribution is 7.92. The number of nitrogens with zero attached hydrogens (tertiary/aromatic N) is 4. The SMILES string of the molecule is COc1cc(NS(=O)(=O)c2c(C3CC3)cnn2C)nc(OC)n1. The van der Waals surface area contributed by atoms with Crippen LogP contribution in [0.4, 0.5) is 5.82 Å². The minimum Gasteiger partial charge on any atom is -0.481 e. The molecule has 3 rings (SSSR count). The largest absolute Gasteiger partial charge is 0.481 e. The number of methoxy groups -OCH3 is 2. The molecule has 1 N–H and O–H groups in total. The molecule has 0 amide bonds. The first-order valence-corrected chi connectivity index (χ1v) is 8.44. The van der Waals surface area contributed by atoms with Crippen LogP contribution >= 0.6 is 0 Å². The normalized spacial score (nSPS) is 14.6. The van der Waals surface area contributed by atoms with E-state index in [9.17, 15) is 8.42 Å². The topological polar surface area (TPSA) is 108 Å². The summed E-state index contributed by atoms with van der Waals surface area (Å²) >= 11 is 0. The van der Waals surface area contributed by atoms with Crippen LogP contribution in [0.25, 0.3) is 0 Å². The summed E-state index contributed by atoms with van der Waals surface area (Å²) in [6.45, 7) is 0. The zero-order chi connectivity index (χ0) is 16.6. The fourth-order valence-electron chi connectivity index (χ4n) is 2.28. The molecule has 1 aliphatic rings. The molecular weight excluding hydrogens is 322 g/mol. The van der Waals surface area contributed by atoms with E-state index >= 15 is 0 Å². The minimum absolute atomic E-state index is 0.00877. The molecule has 1 aliphatic carbocycles. The van der Waals surface area contributed by atoms with Gasteiger partial charge in [0.2, 0.25) is 5.88 Å². The van der Waals surface area contributed by atoms with Crippen LogP contribution < -0.4 is 14.2 Å². The number of hydrogen-bond donors (Lipinski definition) is 1. The first-order valence-electron chi connectivity index (χ1n) is 6.96. The molecule has 2 heterocycles. The van der Waals surface area contributed by atoms with Crippen LogP contribution in [0.1, 0.15) is 24.3 Å². The van der Waals surface area contributed by atoms with Gasteiger partial charge >= 0.3 is 6.01 Å². The van der Waals surface area contributed by atoms with Crippen molar-refractivity contribution < 1.29 is 17.9 Å². The number of hydrogen-bond acceptors (Lipinski definition) is 7. The lowest BCUT2D eigenvalue weighted by molar-refractivity contribution is 0.353. The van der Waals surface area contributed by atoms with Crippen molar-refractivity contribution in [3.05, 3.63) is 17.8 Å². The smallest absolute Gasteiger partial charge is 0.321 e. The third-order valence-corrected chi connectivity index (χ3v) is 4.98. The first kappa shape index (κ1) is 15.5. The van der Waals surface area contributed by atoms with E-state index in [1.54, 1.807) is 13.2 Å². The van der Waals surface area contributed by atoms with E-state index in [-0.39, 0.29) is 28.7 Å². The van der Waals surface area contributed by atoms with Crippen LogP contribution in [0.3, 0.4) is 0 Å². The van der Waals surface area contributed by atoms with Gasteiger partial charge < -0.3 is 9.47 Å². The van der Waals surface area contributed by atoms with E-state index in [0.717, 1.165) is 18.4 Å². The molecule has 2 aromatic rings. The molecule has 0 unspecified atom stereocenters. The lowest BCUT2D eigenvalue weighted by atomic mass is 10.2. The van der Waals surface area contributed by atoms with Crippen molar-refractivity contribution in [3.8, 4) is 11.9 Å². The second kappa shape index (κ2) is 5.69. The maximum atomic E-state index is 12.7. The van der Waals surface area contributed by atoms with Gasteiger partial charge in [-0.1, -0.05) is 0 Å². The molecule has 0 saturated heterocycles. The second-order valence-electron chi connectivity index (χ2n) is 5.19. The van der Waals surface area contributed by atoms with Crippen molar-refractivity contribution in [1.82, 2.24) is 19.7 Å². The molecule has 124 valence electrons. The maximum absolute atomic E-state index is 12.7. The Bertz CT molecular complexity index is 807. The lowest BCUT2D eigenvalue weighted by Gasteiger charge is -2.11. The molecule has 0 spiro atoms. The van der Waals surface area contributed by atoms with Crippen LogP contribution in [0.15, 0.2) is 17.3 Å². The zero-order valence-electron chi connectivity index (χ0n) is 13.0. The summed E-state index contributed by atoms with van der Waals surface area (Å²) in [5.41, 5.74) is 0.730. The summed E-state index contributed by atoms with van der Waals surface area (Å²) in [6, 6.07) is 1.39. The minimum atomic E-state index is -3.84. The molecule has 2 aromatic heterocycles. The summed E-state index contributed by atoms with van der Waals surface area (Å²) in [7, 11) is 0.573. The zero-order valence-corrected chi connectivity index (χ0v) is 13.8. The molecule has 0 atom stereocenters. The van der Waals surface area contributed by atoms with Crippen molar-refractivity contribution in [1.29, 1.82) is 0 Å². The molecule has 9 nitrogen and oxygen atoms in total. The summed E-state index contributed by atoms with van der Waals surface area (Å²) < 4.78 is 39.2. The predicted octanol–water partition coefficient (Wildman–Crippen LogP) is 0.905. The maximum Gasteiger partial charge on any atom is 0.321 e. The van der Waals surface area contributed by atoms with Gasteiger partial charge in [0, 0.05) is 18.7 Å². The predicted molar refractivity (Wildman–Crippen MR) is 81.1 cm³/mol. The summed E-state index contributed by atoms with van der Waals surface area (Å²) in [5.74, 6) is 0.517. The van der Waals surface area contributed by atoms with Crippen molar-refractivity contribution >= 4 is 15.8 Å². The first-order chi connectivity index (χ1) is 10.9. The summed E-state index contributed by atoms with van der Waals surface area (Å²) in [6.07, 6.45) is 3.56. The molecule has 10 heteroatoms. The van der Waals surface area contributed by atoms with Gasteiger partial charge in [0.15, 0.2) is 10.8 Å². The quantitative estimate of drug-likeness (QED) is 0.833. The fraction of sp³-hybridized carbons (Fsp3) is 0.462. The van der Waals surface area contributed by atoms with E-state index in [2.05, 4.69) is 19.8 Å². The Balaban J connectivity index is 1.97. The molecule has 1 fully saturated rings. The van der Waals surface area contributed by atoms with Crippen molar-refractivity contribution in [3.63, 3.8) is 0 Å². The average molecular weight is 339 g/mol. The van der Waals surface area contributed by atoms with E-state index in [1.165, 1.54) is 25.0 Å². The van der Waals surface area contributed by atoms with Crippen LogP contribution in [0.5, 0.6) is 11.9 Å². The number of aromatic nitrogens is 4. The molecule has 0 aromatic carbocycles. The molecule has 0 bridgehead atoms. The number of nitrogens with one attached hydrogen (secondary N) is 1. The van der Waals surface area contributed by atoms with Crippen LogP contribution in [0, 0.1) is 0 Å². The molecule has 1 saturated carbocycles. The Morgan fingerprint density at radius 2 is 2.00 bits per heavy atom. The van der Waals surface area contributed by atoms with Crippen LogP contribution in [-0.4, -0.2) is 42.4 Å². The Labute approximate surface area is 133 Å². The van der Waals surface area contributed by atoms with Gasteiger partial charge in [-0.2, -0.15) is 23.5 Å². The van der Waals surface area contributed by atoms with E-state index in [1.807, 2.05) is 0 Å². The highest BCUT2D eigenvalue weighted by atomic mass is 32.2. The molecule has 0 aliphatic heterocycles. The average Bonchev–Trinajstić information content (AvgIpc) is 3.28. The highest BCUT2D eigenvalue weighted by Crippen LogP contribution is 2.42. The van der Waals surface area contributed by atoms with E-state index in [0.29, 0.717) is 0 Å². The number of anilines is 1. The van der Waals surface area contributed by atoms with Gasteiger partial charge in [-0.05, 0) is 18.8 Å². The second-order valence-corrected chi connectivity index (χ2v) is 6.79. The molecule has 0 radical (unpaired) electrons. The van der Waals surface area contributed by atoms with Gasteiger partial charge in [-0.25, -0.2) is 0 Å². The van der Waals surface area contributed by atoms with Gasteiger partial charge in [-0.3, -0.25) is 9.40 Å². The van der Waals surface area contributed by atoms with Crippen molar-refractivity contribution in [2.45, 2.75) is 23.8 Å². The Morgan fingerprint density at radius 3 is 2.61 bits per heavy atom. The lowest BCUT2D eigenvalue weighted by Crippen LogP contribution is -2.19. The Hall–Kier alpha value is -2.36. The van der Waals surface area contributed by atoms with Crippen LogP contribution in [-0.2, 0) is 17.1 Å². The summed E-state index contributed by atoms with van der Waals surface area (Å²) in [4.78, 5) is 7.91. The number of aryl methyl sites for hydroxylation is 1. The fourth-order valence-corrected chi connectivity index (χ4v) is 3.69. The highest BCUT2D eigenvalue weighted by Gasteiger charge is 2.34. The monoisotopic (exact) mass is 339 g/mol. The van der Waals surface area contributed by atoms with E-state index < -0.39 is 10.0 Å².